The average molecular weight is 352 g/mol. The summed E-state index contributed by atoms with van der Waals surface area (Å²) in [6, 6.07) is 8.51. The third-order valence-corrected chi connectivity index (χ3v) is 5.73. The van der Waals surface area contributed by atoms with E-state index in [0.29, 0.717) is 11.6 Å². The summed E-state index contributed by atoms with van der Waals surface area (Å²) in [7, 11) is 0. The first-order valence-corrected chi connectivity index (χ1v) is 9.95. The first-order valence-electron chi connectivity index (χ1n) is 9.95. The van der Waals surface area contributed by atoms with E-state index in [2.05, 4.69) is 41.8 Å². The minimum atomic E-state index is -0.0157. The smallest absolute Gasteiger partial charge is 0.272 e. The highest BCUT2D eigenvalue weighted by atomic mass is 16.1. The van der Waals surface area contributed by atoms with Gasteiger partial charge in [0.05, 0.1) is 5.69 Å². The number of carbonyl (C=O) groups is 1. The Morgan fingerprint density at radius 2 is 2.15 bits per heavy atom. The van der Waals surface area contributed by atoms with Crippen LogP contribution in [0.3, 0.4) is 0 Å². The van der Waals surface area contributed by atoms with Crippen LogP contribution >= 0.6 is 0 Å². The fourth-order valence-electron chi connectivity index (χ4n) is 4.14. The molecule has 1 aromatic carbocycles. The SMILES string of the molecule is CCc1ccc(-n2nc(C(=O)NCCC3CCNC3)c3c2CCC3)cc1. The third kappa shape index (κ3) is 3.40. The van der Waals surface area contributed by atoms with Crippen molar-refractivity contribution in [2.24, 2.45) is 5.92 Å². The maximum Gasteiger partial charge on any atom is 0.272 e. The number of rotatable bonds is 6. The van der Waals surface area contributed by atoms with Crippen LogP contribution in [0.5, 0.6) is 0 Å². The van der Waals surface area contributed by atoms with Gasteiger partial charge in [0.15, 0.2) is 5.69 Å². The number of benzene rings is 1. The largest absolute Gasteiger partial charge is 0.351 e. The molecule has 0 radical (unpaired) electrons. The van der Waals surface area contributed by atoms with E-state index in [-0.39, 0.29) is 5.91 Å². The summed E-state index contributed by atoms with van der Waals surface area (Å²) >= 11 is 0. The van der Waals surface area contributed by atoms with Gasteiger partial charge >= 0.3 is 0 Å². The van der Waals surface area contributed by atoms with E-state index < -0.39 is 0 Å². The molecule has 2 aromatic rings. The van der Waals surface area contributed by atoms with E-state index in [4.69, 9.17) is 5.10 Å². The zero-order valence-electron chi connectivity index (χ0n) is 15.6. The van der Waals surface area contributed by atoms with Crippen molar-refractivity contribution in [3.8, 4) is 5.69 Å². The molecule has 138 valence electrons. The van der Waals surface area contributed by atoms with Crippen LogP contribution in [0.4, 0.5) is 0 Å². The van der Waals surface area contributed by atoms with Gasteiger partial charge in [-0.05, 0) is 75.2 Å². The summed E-state index contributed by atoms with van der Waals surface area (Å²) in [5.74, 6) is 0.675. The van der Waals surface area contributed by atoms with Crippen LogP contribution in [0.1, 0.15) is 53.5 Å². The molecule has 0 spiro atoms. The van der Waals surface area contributed by atoms with Gasteiger partial charge in [-0.25, -0.2) is 4.68 Å². The Bertz CT molecular complexity index is 772. The molecule has 0 saturated carbocycles. The number of nitrogens with one attached hydrogen (secondary N) is 2. The lowest BCUT2D eigenvalue weighted by Crippen LogP contribution is -2.27. The van der Waals surface area contributed by atoms with Crippen LogP contribution in [-0.2, 0) is 19.3 Å². The van der Waals surface area contributed by atoms with Gasteiger partial charge in [-0.1, -0.05) is 19.1 Å². The van der Waals surface area contributed by atoms with Gasteiger partial charge in [-0.3, -0.25) is 4.79 Å². The van der Waals surface area contributed by atoms with Gasteiger partial charge < -0.3 is 10.6 Å². The average Bonchev–Trinajstić information content (AvgIpc) is 3.39. The molecule has 26 heavy (non-hydrogen) atoms. The summed E-state index contributed by atoms with van der Waals surface area (Å²) in [6.45, 7) is 5.07. The molecule has 4 rings (SSSR count). The Labute approximate surface area is 155 Å². The lowest BCUT2D eigenvalue weighted by molar-refractivity contribution is 0.0945. The van der Waals surface area contributed by atoms with Crippen LogP contribution in [0.15, 0.2) is 24.3 Å². The Morgan fingerprint density at radius 1 is 1.31 bits per heavy atom. The molecule has 1 aromatic heterocycles. The normalized spacial score (nSPS) is 18.9. The van der Waals surface area contributed by atoms with Crippen molar-refractivity contribution in [2.75, 3.05) is 19.6 Å². The highest BCUT2D eigenvalue weighted by Gasteiger charge is 2.27. The highest BCUT2D eigenvalue weighted by Crippen LogP contribution is 2.28. The number of hydrogen-bond donors (Lipinski definition) is 2. The molecule has 1 aliphatic carbocycles. The number of carbonyl (C=O) groups excluding carboxylic acids is 1. The first kappa shape index (κ1) is 17.3. The van der Waals surface area contributed by atoms with Gasteiger partial charge in [0, 0.05) is 17.8 Å². The molecular formula is C21H28N4O. The van der Waals surface area contributed by atoms with E-state index in [9.17, 15) is 4.79 Å². The van der Waals surface area contributed by atoms with Crippen LogP contribution in [0.25, 0.3) is 5.69 Å². The zero-order valence-corrected chi connectivity index (χ0v) is 15.6. The van der Waals surface area contributed by atoms with Gasteiger partial charge in [0.25, 0.3) is 5.91 Å². The van der Waals surface area contributed by atoms with Crippen molar-refractivity contribution < 1.29 is 4.79 Å². The van der Waals surface area contributed by atoms with Crippen LogP contribution < -0.4 is 10.6 Å². The summed E-state index contributed by atoms with van der Waals surface area (Å²) in [5, 5.41) is 11.2. The number of nitrogens with zero attached hydrogens (tertiary/aromatic N) is 2. The molecule has 1 aliphatic heterocycles. The van der Waals surface area contributed by atoms with Crippen molar-refractivity contribution in [3.63, 3.8) is 0 Å². The molecule has 5 heteroatoms. The highest BCUT2D eigenvalue weighted by molar-refractivity contribution is 5.94. The van der Waals surface area contributed by atoms with Crippen LogP contribution in [0.2, 0.25) is 0 Å². The summed E-state index contributed by atoms with van der Waals surface area (Å²) in [6.07, 6.45) is 6.35. The minimum absolute atomic E-state index is 0.0157. The molecule has 5 nitrogen and oxygen atoms in total. The fraction of sp³-hybridized carbons (Fsp3) is 0.524. The molecule has 0 bridgehead atoms. The molecule has 1 amide bonds. The second kappa shape index (κ2) is 7.62. The predicted octanol–water partition coefficient (Wildman–Crippen LogP) is 2.65. The van der Waals surface area contributed by atoms with Crippen molar-refractivity contribution in [2.45, 2.75) is 45.4 Å². The summed E-state index contributed by atoms with van der Waals surface area (Å²) in [5.41, 5.74) is 5.35. The number of fused-ring (bicyclic) bond motifs is 1. The zero-order chi connectivity index (χ0) is 17.9. The second-order valence-electron chi connectivity index (χ2n) is 7.46. The van der Waals surface area contributed by atoms with E-state index in [1.165, 1.54) is 17.7 Å². The Balaban J connectivity index is 1.50. The minimum Gasteiger partial charge on any atom is -0.351 e. The molecular weight excluding hydrogens is 324 g/mol. The van der Waals surface area contributed by atoms with E-state index in [0.717, 1.165) is 63.0 Å². The predicted molar refractivity (Wildman–Crippen MR) is 103 cm³/mol. The van der Waals surface area contributed by atoms with Gasteiger partial charge in [-0.15, -0.1) is 0 Å². The third-order valence-electron chi connectivity index (χ3n) is 5.73. The van der Waals surface area contributed by atoms with Gasteiger partial charge in [-0.2, -0.15) is 5.10 Å². The van der Waals surface area contributed by atoms with Gasteiger partial charge in [0.2, 0.25) is 0 Å². The maximum absolute atomic E-state index is 12.7. The molecule has 1 saturated heterocycles. The molecule has 2 aliphatic rings. The summed E-state index contributed by atoms with van der Waals surface area (Å²) < 4.78 is 1.98. The van der Waals surface area contributed by atoms with E-state index in [1.807, 2.05) is 4.68 Å². The van der Waals surface area contributed by atoms with E-state index >= 15 is 0 Å². The number of aryl methyl sites for hydroxylation is 1. The standard InChI is InChI=1S/C21H28N4O/c1-2-15-6-8-17(9-7-15)25-19-5-3-4-18(19)20(24-25)21(26)23-13-11-16-10-12-22-14-16/h6-9,16,22H,2-5,10-14H2,1H3,(H,23,26). The Kier molecular flexibility index (Phi) is 5.07. The van der Waals surface area contributed by atoms with Crippen molar-refractivity contribution in [1.29, 1.82) is 0 Å². The van der Waals surface area contributed by atoms with E-state index in [1.54, 1.807) is 0 Å². The van der Waals surface area contributed by atoms with Crippen molar-refractivity contribution in [3.05, 3.63) is 46.8 Å². The monoisotopic (exact) mass is 352 g/mol. The number of hydrogen-bond acceptors (Lipinski definition) is 3. The molecule has 1 atom stereocenters. The fourth-order valence-corrected chi connectivity index (χ4v) is 4.14. The van der Waals surface area contributed by atoms with Crippen molar-refractivity contribution >= 4 is 5.91 Å². The molecule has 1 fully saturated rings. The van der Waals surface area contributed by atoms with Crippen LogP contribution in [-0.4, -0.2) is 35.3 Å². The summed E-state index contributed by atoms with van der Waals surface area (Å²) in [4.78, 5) is 12.7. The van der Waals surface area contributed by atoms with Crippen LogP contribution in [0, 0.1) is 5.92 Å². The lowest BCUT2D eigenvalue weighted by atomic mass is 10.1. The lowest BCUT2D eigenvalue weighted by Gasteiger charge is -2.09. The number of aromatic nitrogens is 2. The van der Waals surface area contributed by atoms with Crippen molar-refractivity contribution in [1.82, 2.24) is 20.4 Å². The molecule has 2 heterocycles. The molecule has 2 N–H and O–H groups in total. The molecule has 1 unspecified atom stereocenters. The second-order valence-corrected chi connectivity index (χ2v) is 7.46. The first-order chi connectivity index (χ1) is 12.8. The Hall–Kier alpha value is -2.14. The quantitative estimate of drug-likeness (QED) is 0.840. The van der Waals surface area contributed by atoms with Gasteiger partial charge in [0.1, 0.15) is 0 Å². The maximum atomic E-state index is 12.7. The number of amides is 1. The topological polar surface area (TPSA) is 59.0 Å². The Morgan fingerprint density at radius 3 is 2.88 bits per heavy atom.